The number of ether oxygens (including phenoxy) is 1. The Balaban J connectivity index is 1.40. The minimum absolute atomic E-state index is 0.0640. The summed E-state index contributed by atoms with van der Waals surface area (Å²) in [6.07, 6.45) is 0.248. The van der Waals surface area contributed by atoms with Crippen LogP contribution in [0.25, 0.3) is 11.2 Å². The minimum atomic E-state index is -4.36. The van der Waals surface area contributed by atoms with Crippen LogP contribution >= 0.6 is 0 Å². The number of carbonyl (C=O) groups is 1. The van der Waals surface area contributed by atoms with Crippen LogP contribution in [-0.4, -0.2) is 69.9 Å². The smallest absolute Gasteiger partial charge is 0.409 e. The maximum absolute atomic E-state index is 12.7. The number of rotatable bonds is 5. The highest BCUT2D eigenvalue weighted by molar-refractivity contribution is 5.83. The summed E-state index contributed by atoms with van der Waals surface area (Å²) >= 11 is 0. The molecule has 0 radical (unpaired) electrons. The van der Waals surface area contributed by atoms with Gasteiger partial charge in [0, 0.05) is 31.6 Å². The molecule has 2 saturated heterocycles. The van der Waals surface area contributed by atoms with Crippen molar-refractivity contribution in [2.45, 2.75) is 45.2 Å². The third-order valence-electron chi connectivity index (χ3n) is 5.91. The van der Waals surface area contributed by atoms with Crippen molar-refractivity contribution in [1.82, 2.24) is 24.8 Å². The molecule has 2 aliphatic rings. The van der Waals surface area contributed by atoms with Crippen molar-refractivity contribution in [2.24, 2.45) is 5.41 Å². The summed E-state index contributed by atoms with van der Waals surface area (Å²) < 4.78 is 43.5. The van der Waals surface area contributed by atoms with Gasteiger partial charge in [-0.25, -0.2) is 24.7 Å². The number of carbonyl (C=O) groups excluding carboxylic acids is 1. The van der Waals surface area contributed by atoms with E-state index in [1.54, 1.807) is 4.90 Å². The summed E-state index contributed by atoms with van der Waals surface area (Å²) in [6.45, 7) is 5.19. The number of hydrogen-bond donors (Lipinski definition) is 0. The molecule has 0 aliphatic carbocycles. The predicted molar refractivity (Wildman–Crippen MR) is 107 cm³/mol. The Labute approximate surface area is 177 Å². The van der Waals surface area contributed by atoms with E-state index in [9.17, 15) is 18.0 Å². The second-order valence-corrected chi connectivity index (χ2v) is 8.33. The second-order valence-electron chi connectivity index (χ2n) is 8.33. The summed E-state index contributed by atoms with van der Waals surface area (Å²) in [6, 6.07) is 0. The van der Waals surface area contributed by atoms with E-state index in [1.807, 2.05) is 11.8 Å². The van der Waals surface area contributed by atoms with Crippen LogP contribution in [0, 0.1) is 5.41 Å². The molecule has 0 aromatic carbocycles. The molecule has 8 nitrogen and oxygen atoms in total. The van der Waals surface area contributed by atoms with Crippen LogP contribution in [0.1, 0.15) is 38.3 Å². The van der Waals surface area contributed by atoms with Crippen LogP contribution < -0.4 is 4.90 Å². The van der Waals surface area contributed by atoms with Gasteiger partial charge >= 0.3 is 12.3 Å². The van der Waals surface area contributed by atoms with E-state index in [-0.39, 0.29) is 28.4 Å². The molecule has 1 amide bonds. The maximum Gasteiger partial charge on any atom is 0.409 e. The molecule has 0 atom stereocenters. The fourth-order valence-corrected chi connectivity index (χ4v) is 4.17. The van der Waals surface area contributed by atoms with Gasteiger partial charge in [-0.2, -0.15) is 13.2 Å². The van der Waals surface area contributed by atoms with E-state index in [1.165, 1.54) is 6.33 Å². The molecule has 0 bridgehead atoms. The van der Waals surface area contributed by atoms with Crippen LogP contribution in [0.4, 0.5) is 23.8 Å². The number of alkyl halides is 3. The third kappa shape index (κ3) is 4.80. The molecule has 4 rings (SSSR count). The number of hydrogen-bond acceptors (Lipinski definition) is 7. The molecular weight excluding hydrogens is 413 g/mol. The van der Waals surface area contributed by atoms with Crippen LogP contribution in [0.5, 0.6) is 0 Å². The first-order chi connectivity index (χ1) is 14.8. The lowest BCUT2D eigenvalue weighted by molar-refractivity contribution is -0.127. The standard InChI is InChI=1S/C20H25F3N6O2/c1-2-3-8-31-18(30)28-6-4-19(5-7-28)11-29(12-19)17-15-16(25-13-26-17)24-10-14(27-15)9-20(21,22)23/h10,13H,2-9,11-12H2,1H3. The molecule has 0 N–H and O–H groups in total. The lowest BCUT2D eigenvalue weighted by atomic mass is 9.72. The van der Waals surface area contributed by atoms with Crippen molar-refractivity contribution < 1.29 is 22.7 Å². The largest absolute Gasteiger partial charge is 0.449 e. The Morgan fingerprint density at radius 1 is 1.19 bits per heavy atom. The molecule has 11 heteroatoms. The molecule has 2 aromatic rings. The molecule has 1 spiro atoms. The van der Waals surface area contributed by atoms with Crippen molar-refractivity contribution in [2.75, 3.05) is 37.7 Å². The van der Waals surface area contributed by atoms with Crippen LogP contribution in [-0.2, 0) is 11.2 Å². The summed E-state index contributed by atoms with van der Waals surface area (Å²) in [5.74, 6) is 0.508. The summed E-state index contributed by atoms with van der Waals surface area (Å²) in [5.41, 5.74) is 0.479. The summed E-state index contributed by atoms with van der Waals surface area (Å²) in [5, 5.41) is 0. The molecule has 2 fully saturated rings. The van der Waals surface area contributed by atoms with Crippen molar-refractivity contribution >= 4 is 23.1 Å². The number of halogens is 3. The van der Waals surface area contributed by atoms with Gasteiger partial charge in [-0.05, 0) is 19.3 Å². The van der Waals surface area contributed by atoms with Gasteiger partial charge in [0.1, 0.15) is 6.33 Å². The summed E-state index contributed by atoms with van der Waals surface area (Å²) in [7, 11) is 0. The van der Waals surface area contributed by atoms with Crippen molar-refractivity contribution in [3.63, 3.8) is 0 Å². The maximum atomic E-state index is 12.7. The lowest BCUT2D eigenvalue weighted by Gasteiger charge is -2.54. The quantitative estimate of drug-likeness (QED) is 0.662. The van der Waals surface area contributed by atoms with Gasteiger partial charge in [0.25, 0.3) is 0 Å². The highest BCUT2D eigenvalue weighted by Gasteiger charge is 2.46. The van der Waals surface area contributed by atoms with Gasteiger partial charge in [0.05, 0.1) is 24.9 Å². The Hall–Kier alpha value is -2.72. The van der Waals surface area contributed by atoms with Crippen molar-refractivity contribution in [3.05, 3.63) is 18.2 Å². The van der Waals surface area contributed by atoms with Gasteiger partial charge in [-0.15, -0.1) is 0 Å². The van der Waals surface area contributed by atoms with E-state index in [2.05, 4.69) is 19.9 Å². The van der Waals surface area contributed by atoms with Gasteiger partial charge in [-0.3, -0.25) is 0 Å². The van der Waals surface area contributed by atoms with Gasteiger partial charge in [0.15, 0.2) is 17.0 Å². The van der Waals surface area contributed by atoms with E-state index in [0.29, 0.717) is 38.6 Å². The first-order valence-corrected chi connectivity index (χ1v) is 10.5. The van der Waals surface area contributed by atoms with Crippen molar-refractivity contribution in [3.8, 4) is 0 Å². The second kappa shape index (κ2) is 8.43. The number of piperidine rings is 1. The van der Waals surface area contributed by atoms with E-state index >= 15 is 0 Å². The SMILES string of the molecule is CCCCOC(=O)N1CCC2(CC1)CN(c1ncnc3ncc(CC(F)(F)F)nc13)C2. The van der Waals surface area contributed by atoms with Gasteiger partial charge in [0.2, 0.25) is 0 Å². The zero-order valence-electron chi connectivity index (χ0n) is 17.4. The number of likely N-dealkylation sites (tertiary alicyclic amines) is 1. The van der Waals surface area contributed by atoms with Gasteiger partial charge in [-0.1, -0.05) is 13.3 Å². The number of nitrogens with zero attached hydrogens (tertiary/aromatic N) is 6. The van der Waals surface area contributed by atoms with E-state index in [4.69, 9.17) is 4.74 Å². The molecule has 2 aromatic heterocycles. The number of aromatic nitrogens is 4. The van der Waals surface area contributed by atoms with Crippen LogP contribution in [0.3, 0.4) is 0 Å². The molecular formula is C20H25F3N6O2. The van der Waals surface area contributed by atoms with E-state index < -0.39 is 12.6 Å². The predicted octanol–water partition coefficient (Wildman–Crippen LogP) is 3.36. The molecule has 0 saturated carbocycles. The third-order valence-corrected chi connectivity index (χ3v) is 5.91. The highest BCUT2D eigenvalue weighted by atomic mass is 19.4. The zero-order valence-corrected chi connectivity index (χ0v) is 17.4. The molecule has 4 heterocycles. The minimum Gasteiger partial charge on any atom is -0.449 e. The van der Waals surface area contributed by atoms with E-state index in [0.717, 1.165) is 31.9 Å². The average Bonchev–Trinajstić information content (AvgIpc) is 2.71. The molecule has 168 valence electrons. The lowest BCUT2D eigenvalue weighted by Crippen LogP contribution is -2.61. The van der Waals surface area contributed by atoms with Crippen LogP contribution in [0.2, 0.25) is 0 Å². The number of anilines is 1. The molecule has 0 unspecified atom stereocenters. The zero-order chi connectivity index (χ0) is 22.1. The Bertz CT molecular complexity index is 938. The average molecular weight is 438 g/mol. The van der Waals surface area contributed by atoms with Gasteiger partial charge < -0.3 is 14.5 Å². The Kier molecular flexibility index (Phi) is 5.85. The molecule has 31 heavy (non-hydrogen) atoms. The van der Waals surface area contributed by atoms with Crippen LogP contribution in [0.15, 0.2) is 12.5 Å². The fourth-order valence-electron chi connectivity index (χ4n) is 4.17. The topological polar surface area (TPSA) is 84.3 Å². The normalized spacial score (nSPS) is 18.3. The first-order valence-electron chi connectivity index (χ1n) is 10.5. The molecule has 2 aliphatic heterocycles. The summed E-state index contributed by atoms with van der Waals surface area (Å²) in [4.78, 5) is 32.4. The number of amides is 1. The van der Waals surface area contributed by atoms with Crippen molar-refractivity contribution in [1.29, 1.82) is 0 Å². The highest BCUT2D eigenvalue weighted by Crippen LogP contribution is 2.43. The Morgan fingerprint density at radius 2 is 1.94 bits per heavy atom. The first kappa shape index (κ1) is 21.5. The Morgan fingerprint density at radius 3 is 2.61 bits per heavy atom. The number of unbranched alkanes of at least 4 members (excludes halogenated alkanes) is 1. The monoisotopic (exact) mass is 438 g/mol. The number of fused-ring (bicyclic) bond motifs is 1. The fraction of sp³-hybridized carbons (Fsp3) is 0.650.